The van der Waals surface area contributed by atoms with Crippen molar-refractivity contribution in [1.82, 2.24) is 0 Å². The summed E-state index contributed by atoms with van der Waals surface area (Å²) < 4.78 is 1.26. The minimum atomic E-state index is -0.299. The first-order valence-electron chi connectivity index (χ1n) is 5.87. The zero-order valence-electron chi connectivity index (χ0n) is 9.81. The van der Waals surface area contributed by atoms with Gasteiger partial charge in [-0.1, -0.05) is 38.5 Å². The highest BCUT2D eigenvalue weighted by molar-refractivity contribution is 7.19. The molecular weight excluding hydrogens is 216 g/mol. The molecule has 0 saturated heterocycles. The first kappa shape index (κ1) is 11.6. The molecule has 0 aliphatic rings. The van der Waals surface area contributed by atoms with Gasteiger partial charge in [0, 0.05) is 9.58 Å². The average Bonchev–Trinajstić information content (AvgIpc) is 2.72. The Labute approximate surface area is 101 Å². The number of benzene rings is 1. The monoisotopic (exact) mass is 234 g/mol. The third-order valence-electron chi connectivity index (χ3n) is 3.10. The van der Waals surface area contributed by atoms with Gasteiger partial charge in [-0.05, 0) is 29.9 Å². The number of hydrogen-bond donors (Lipinski definition) is 1. The maximum Gasteiger partial charge on any atom is 0.0884 e. The van der Waals surface area contributed by atoms with Crippen LogP contribution in [0.3, 0.4) is 0 Å². The molecule has 0 saturated carbocycles. The Morgan fingerprint density at radius 2 is 2.06 bits per heavy atom. The Hall–Kier alpha value is -0.860. The lowest BCUT2D eigenvalue weighted by atomic mass is 10.0. The summed E-state index contributed by atoms with van der Waals surface area (Å²) >= 11 is 1.71. The first-order valence-corrected chi connectivity index (χ1v) is 6.69. The summed E-state index contributed by atoms with van der Waals surface area (Å²) in [6.07, 6.45) is 1.69. The Kier molecular flexibility index (Phi) is 3.62. The number of fused-ring (bicyclic) bond motifs is 1. The van der Waals surface area contributed by atoms with Crippen molar-refractivity contribution in [3.05, 3.63) is 35.2 Å². The van der Waals surface area contributed by atoms with Crippen molar-refractivity contribution in [2.24, 2.45) is 5.92 Å². The molecule has 86 valence electrons. The molecule has 0 bridgehead atoms. The molecule has 0 aliphatic carbocycles. The van der Waals surface area contributed by atoms with Gasteiger partial charge < -0.3 is 5.11 Å². The van der Waals surface area contributed by atoms with Gasteiger partial charge in [0.15, 0.2) is 0 Å². The van der Waals surface area contributed by atoms with Crippen LogP contribution in [0.2, 0.25) is 0 Å². The van der Waals surface area contributed by atoms with Crippen LogP contribution in [0.5, 0.6) is 0 Å². The van der Waals surface area contributed by atoms with Gasteiger partial charge in [0.1, 0.15) is 0 Å². The molecular formula is C14H18OS. The van der Waals surface area contributed by atoms with Crippen molar-refractivity contribution in [3.8, 4) is 0 Å². The molecule has 1 aromatic heterocycles. The van der Waals surface area contributed by atoms with Crippen LogP contribution in [0.1, 0.15) is 37.7 Å². The molecule has 1 heterocycles. The molecule has 2 atom stereocenters. The van der Waals surface area contributed by atoms with Crippen LogP contribution < -0.4 is 0 Å². The van der Waals surface area contributed by atoms with Gasteiger partial charge in [-0.15, -0.1) is 11.3 Å². The topological polar surface area (TPSA) is 20.2 Å². The lowest BCUT2D eigenvalue weighted by Gasteiger charge is -2.12. The summed E-state index contributed by atoms with van der Waals surface area (Å²) in [5.41, 5.74) is 0. The van der Waals surface area contributed by atoms with Gasteiger partial charge in [-0.3, -0.25) is 0 Å². The molecule has 0 spiro atoms. The van der Waals surface area contributed by atoms with Crippen molar-refractivity contribution < 1.29 is 5.11 Å². The van der Waals surface area contributed by atoms with Crippen LogP contribution in [-0.2, 0) is 0 Å². The number of thiophene rings is 1. The summed E-state index contributed by atoms with van der Waals surface area (Å²) in [7, 11) is 0. The summed E-state index contributed by atoms with van der Waals surface area (Å²) in [6.45, 7) is 4.36. The van der Waals surface area contributed by atoms with E-state index in [0.29, 0.717) is 5.92 Å². The standard InChI is InChI=1S/C14H18OS/c1-3-10(2)8-12(15)14-9-11-6-4-5-7-13(11)16-14/h4-7,9-10,12,15H,3,8H2,1-2H3. The van der Waals surface area contributed by atoms with E-state index in [2.05, 4.69) is 32.0 Å². The zero-order chi connectivity index (χ0) is 11.5. The van der Waals surface area contributed by atoms with E-state index in [0.717, 1.165) is 17.7 Å². The predicted molar refractivity (Wildman–Crippen MR) is 70.9 cm³/mol. The lowest BCUT2D eigenvalue weighted by molar-refractivity contribution is 0.150. The smallest absolute Gasteiger partial charge is 0.0884 e. The van der Waals surface area contributed by atoms with Crippen molar-refractivity contribution >= 4 is 21.4 Å². The van der Waals surface area contributed by atoms with E-state index in [1.807, 2.05) is 12.1 Å². The molecule has 1 aromatic carbocycles. The summed E-state index contributed by atoms with van der Waals surface area (Å²) in [6, 6.07) is 10.4. The number of rotatable bonds is 4. The van der Waals surface area contributed by atoms with E-state index < -0.39 is 0 Å². The minimum Gasteiger partial charge on any atom is -0.388 e. The molecule has 1 nitrogen and oxygen atoms in total. The second-order valence-electron chi connectivity index (χ2n) is 4.45. The van der Waals surface area contributed by atoms with Crippen LogP contribution >= 0.6 is 11.3 Å². The molecule has 0 fully saturated rings. The highest BCUT2D eigenvalue weighted by Gasteiger charge is 2.13. The fraction of sp³-hybridized carbons (Fsp3) is 0.429. The highest BCUT2D eigenvalue weighted by atomic mass is 32.1. The SMILES string of the molecule is CCC(C)CC(O)c1cc2ccccc2s1. The van der Waals surface area contributed by atoms with Gasteiger partial charge in [0.05, 0.1) is 6.10 Å². The van der Waals surface area contributed by atoms with E-state index in [1.54, 1.807) is 11.3 Å². The largest absolute Gasteiger partial charge is 0.388 e. The number of aliphatic hydroxyl groups excluding tert-OH is 1. The van der Waals surface area contributed by atoms with Crippen molar-refractivity contribution in [2.75, 3.05) is 0 Å². The summed E-state index contributed by atoms with van der Waals surface area (Å²) in [5, 5.41) is 11.4. The van der Waals surface area contributed by atoms with Crippen LogP contribution in [0.4, 0.5) is 0 Å². The molecule has 0 amide bonds. The Morgan fingerprint density at radius 3 is 2.75 bits per heavy atom. The lowest BCUT2D eigenvalue weighted by Crippen LogP contribution is -2.01. The molecule has 2 unspecified atom stereocenters. The maximum atomic E-state index is 10.1. The second-order valence-corrected chi connectivity index (χ2v) is 5.57. The molecule has 2 aromatic rings. The van der Waals surface area contributed by atoms with Crippen LogP contribution in [0.15, 0.2) is 30.3 Å². The highest BCUT2D eigenvalue weighted by Crippen LogP contribution is 2.32. The van der Waals surface area contributed by atoms with E-state index in [-0.39, 0.29) is 6.10 Å². The predicted octanol–water partition coefficient (Wildman–Crippen LogP) is 4.37. The van der Waals surface area contributed by atoms with E-state index in [4.69, 9.17) is 0 Å². The van der Waals surface area contributed by atoms with Gasteiger partial charge in [-0.25, -0.2) is 0 Å². The summed E-state index contributed by atoms with van der Waals surface area (Å²) in [4.78, 5) is 1.10. The number of aliphatic hydroxyl groups is 1. The second kappa shape index (κ2) is 4.98. The van der Waals surface area contributed by atoms with Gasteiger partial charge in [0.25, 0.3) is 0 Å². The molecule has 16 heavy (non-hydrogen) atoms. The molecule has 2 heteroatoms. The third kappa shape index (κ3) is 2.45. The van der Waals surface area contributed by atoms with E-state index >= 15 is 0 Å². The van der Waals surface area contributed by atoms with Crippen LogP contribution in [0, 0.1) is 5.92 Å². The molecule has 2 rings (SSSR count). The minimum absolute atomic E-state index is 0.299. The molecule has 1 N–H and O–H groups in total. The van der Waals surface area contributed by atoms with Crippen molar-refractivity contribution in [2.45, 2.75) is 32.8 Å². The Bertz CT molecular complexity index is 427. The summed E-state index contributed by atoms with van der Waals surface area (Å²) in [5.74, 6) is 0.584. The Morgan fingerprint density at radius 1 is 1.31 bits per heavy atom. The number of hydrogen-bond acceptors (Lipinski definition) is 2. The van der Waals surface area contributed by atoms with Gasteiger partial charge in [-0.2, -0.15) is 0 Å². The van der Waals surface area contributed by atoms with Crippen molar-refractivity contribution in [1.29, 1.82) is 0 Å². The fourth-order valence-electron chi connectivity index (χ4n) is 1.83. The average molecular weight is 234 g/mol. The molecule has 0 aliphatic heterocycles. The molecule has 0 radical (unpaired) electrons. The van der Waals surface area contributed by atoms with Crippen LogP contribution in [0.25, 0.3) is 10.1 Å². The van der Waals surface area contributed by atoms with Gasteiger partial charge >= 0.3 is 0 Å². The quantitative estimate of drug-likeness (QED) is 0.832. The van der Waals surface area contributed by atoms with Crippen molar-refractivity contribution in [3.63, 3.8) is 0 Å². The van der Waals surface area contributed by atoms with E-state index in [1.165, 1.54) is 10.1 Å². The Balaban J connectivity index is 2.19. The first-order chi connectivity index (χ1) is 7.70. The van der Waals surface area contributed by atoms with Gasteiger partial charge in [0.2, 0.25) is 0 Å². The van der Waals surface area contributed by atoms with E-state index in [9.17, 15) is 5.11 Å². The third-order valence-corrected chi connectivity index (χ3v) is 4.31. The van der Waals surface area contributed by atoms with Crippen LogP contribution in [-0.4, -0.2) is 5.11 Å². The normalized spacial score (nSPS) is 15.2. The fourth-order valence-corrected chi connectivity index (χ4v) is 2.89. The maximum absolute atomic E-state index is 10.1. The zero-order valence-corrected chi connectivity index (χ0v) is 10.6.